The Bertz CT molecular complexity index is 1250. The molecule has 2 aliphatic heterocycles. The van der Waals surface area contributed by atoms with E-state index in [0.717, 1.165) is 42.7 Å². The molecule has 10 heteroatoms. The summed E-state index contributed by atoms with van der Waals surface area (Å²) in [5, 5.41) is 6.75. The normalized spacial score (nSPS) is 20.4. The summed E-state index contributed by atoms with van der Waals surface area (Å²) in [5.41, 5.74) is 4.63. The molecule has 2 N–H and O–H groups in total. The largest absolute Gasteiger partial charge is 0.374 e. The molecule has 0 saturated carbocycles. The van der Waals surface area contributed by atoms with Crippen molar-refractivity contribution in [2.24, 2.45) is 0 Å². The van der Waals surface area contributed by atoms with Crippen molar-refractivity contribution in [3.63, 3.8) is 0 Å². The maximum Gasteiger partial charge on any atom is 0.211 e. The molecule has 0 spiro atoms. The number of ether oxygens (including phenoxy) is 1. The third-order valence-corrected chi connectivity index (χ3v) is 7.81. The first-order chi connectivity index (χ1) is 16.5. The van der Waals surface area contributed by atoms with E-state index in [1.54, 1.807) is 12.4 Å². The molecule has 1 aromatic carbocycles. The molecular formula is C24H30N6O3S. The van der Waals surface area contributed by atoms with E-state index in [-0.39, 0.29) is 6.10 Å². The number of hydrogen-bond acceptors (Lipinski definition) is 8. The number of fused-ring (bicyclic) bond motifs is 1. The monoisotopic (exact) mass is 482 g/mol. The van der Waals surface area contributed by atoms with Gasteiger partial charge in [-0.15, -0.1) is 0 Å². The lowest BCUT2D eigenvalue weighted by Gasteiger charge is -2.31. The molecule has 2 saturated heterocycles. The van der Waals surface area contributed by atoms with Gasteiger partial charge in [0.2, 0.25) is 10.0 Å². The molecule has 34 heavy (non-hydrogen) atoms. The molecule has 0 radical (unpaired) electrons. The van der Waals surface area contributed by atoms with Gasteiger partial charge in [-0.1, -0.05) is 24.3 Å². The second kappa shape index (κ2) is 9.91. The summed E-state index contributed by atoms with van der Waals surface area (Å²) in [7, 11) is -3.25. The second-order valence-electron chi connectivity index (χ2n) is 8.92. The van der Waals surface area contributed by atoms with E-state index in [1.807, 2.05) is 6.07 Å². The minimum Gasteiger partial charge on any atom is -0.374 e. The highest BCUT2D eigenvalue weighted by molar-refractivity contribution is 7.88. The summed E-state index contributed by atoms with van der Waals surface area (Å²) in [5.74, 6) is 1.22. The molecule has 1 atom stereocenters. The van der Waals surface area contributed by atoms with Crippen LogP contribution in [-0.4, -0.2) is 79.4 Å². The van der Waals surface area contributed by atoms with Gasteiger partial charge in [-0.3, -0.25) is 4.98 Å². The number of nitrogens with one attached hydrogen (secondary N) is 2. The molecular weight excluding hydrogens is 452 g/mol. The molecule has 1 unspecified atom stereocenters. The highest BCUT2D eigenvalue weighted by atomic mass is 32.2. The van der Waals surface area contributed by atoms with E-state index in [1.165, 1.54) is 16.1 Å². The van der Waals surface area contributed by atoms with Gasteiger partial charge in [0.15, 0.2) is 5.82 Å². The molecule has 5 rings (SSSR count). The number of morpholine rings is 1. The first kappa shape index (κ1) is 23.1. The Kier molecular flexibility index (Phi) is 6.73. The van der Waals surface area contributed by atoms with Crippen molar-refractivity contribution in [3.05, 3.63) is 48.3 Å². The molecule has 2 aromatic heterocycles. The van der Waals surface area contributed by atoms with Crippen molar-refractivity contribution < 1.29 is 13.2 Å². The van der Waals surface area contributed by atoms with Crippen molar-refractivity contribution in [2.45, 2.75) is 24.9 Å². The van der Waals surface area contributed by atoms with Crippen LogP contribution in [0.2, 0.25) is 0 Å². The Balaban J connectivity index is 1.37. The van der Waals surface area contributed by atoms with Gasteiger partial charge in [-0.2, -0.15) is 4.31 Å². The van der Waals surface area contributed by atoms with Crippen molar-refractivity contribution >= 4 is 26.9 Å². The van der Waals surface area contributed by atoms with Crippen LogP contribution in [-0.2, 0) is 14.8 Å². The Labute approximate surface area is 200 Å². The Morgan fingerprint density at radius 3 is 2.68 bits per heavy atom. The van der Waals surface area contributed by atoms with Gasteiger partial charge in [0.1, 0.15) is 5.52 Å². The molecule has 0 amide bonds. The quantitative estimate of drug-likeness (QED) is 0.551. The fourth-order valence-corrected chi connectivity index (χ4v) is 5.50. The minimum absolute atomic E-state index is 0.273. The van der Waals surface area contributed by atoms with E-state index in [4.69, 9.17) is 9.72 Å². The fraction of sp³-hybridized carbons (Fsp3) is 0.458. The van der Waals surface area contributed by atoms with Gasteiger partial charge >= 0.3 is 0 Å². The van der Waals surface area contributed by atoms with Crippen molar-refractivity contribution in [2.75, 3.05) is 50.9 Å². The third-order valence-electron chi connectivity index (χ3n) is 6.54. The Hall–Kier alpha value is -2.66. The van der Waals surface area contributed by atoms with E-state index in [0.29, 0.717) is 43.5 Å². The SMILES string of the molecule is CS(=O)(=O)N1CCOC(CNc2nc(-c3ccc(C4CCNCC4)cc3)cc3nccnc23)C1. The van der Waals surface area contributed by atoms with E-state index < -0.39 is 10.0 Å². The lowest BCUT2D eigenvalue weighted by Crippen LogP contribution is -2.47. The molecule has 2 fully saturated rings. The summed E-state index contributed by atoms with van der Waals surface area (Å²) >= 11 is 0. The van der Waals surface area contributed by atoms with Gasteiger partial charge < -0.3 is 15.4 Å². The van der Waals surface area contributed by atoms with Crippen molar-refractivity contribution in [1.29, 1.82) is 0 Å². The summed E-state index contributed by atoms with van der Waals surface area (Å²) in [6.07, 6.45) is 6.60. The van der Waals surface area contributed by atoms with Gasteiger partial charge in [-0.25, -0.2) is 18.4 Å². The van der Waals surface area contributed by atoms with Crippen LogP contribution in [0.1, 0.15) is 24.3 Å². The Morgan fingerprint density at radius 2 is 1.91 bits per heavy atom. The zero-order valence-corrected chi connectivity index (χ0v) is 20.1. The minimum atomic E-state index is -3.25. The average molecular weight is 483 g/mol. The number of pyridine rings is 1. The molecule has 4 heterocycles. The molecule has 3 aromatic rings. The number of aromatic nitrogens is 3. The molecule has 180 valence electrons. The van der Waals surface area contributed by atoms with Crippen molar-refractivity contribution in [3.8, 4) is 11.3 Å². The predicted octanol–water partition coefficient (Wildman–Crippen LogP) is 2.23. The van der Waals surface area contributed by atoms with Crippen LogP contribution in [0.4, 0.5) is 5.82 Å². The number of anilines is 1. The highest BCUT2D eigenvalue weighted by Crippen LogP contribution is 2.29. The number of sulfonamides is 1. The zero-order valence-electron chi connectivity index (χ0n) is 19.3. The van der Waals surface area contributed by atoms with Crippen LogP contribution < -0.4 is 10.6 Å². The third kappa shape index (κ3) is 5.20. The number of benzene rings is 1. The van der Waals surface area contributed by atoms with E-state index >= 15 is 0 Å². The Morgan fingerprint density at radius 1 is 1.15 bits per heavy atom. The lowest BCUT2D eigenvalue weighted by molar-refractivity contribution is 0.00702. The van der Waals surface area contributed by atoms with Crippen molar-refractivity contribution in [1.82, 2.24) is 24.6 Å². The van der Waals surface area contributed by atoms with Crippen LogP contribution in [0.3, 0.4) is 0 Å². The van der Waals surface area contributed by atoms with Gasteiger partial charge in [0.25, 0.3) is 0 Å². The highest BCUT2D eigenvalue weighted by Gasteiger charge is 2.26. The smallest absolute Gasteiger partial charge is 0.211 e. The number of rotatable bonds is 6. The van der Waals surface area contributed by atoms with Crippen LogP contribution in [0.5, 0.6) is 0 Å². The van der Waals surface area contributed by atoms with E-state index in [2.05, 4.69) is 44.9 Å². The molecule has 9 nitrogen and oxygen atoms in total. The zero-order chi connectivity index (χ0) is 23.5. The second-order valence-corrected chi connectivity index (χ2v) is 10.9. The maximum atomic E-state index is 11.9. The van der Waals surface area contributed by atoms with Crippen LogP contribution in [0.15, 0.2) is 42.7 Å². The standard InChI is InChI=1S/C24H30N6O3S/c1-34(31,32)30-12-13-33-20(16-30)15-28-24-23-22(26-10-11-27-23)14-21(29-24)19-4-2-17(3-5-19)18-6-8-25-9-7-18/h2-5,10-11,14,18,20,25H,6-9,12-13,15-16H2,1H3,(H,28,29). The number of piperidine rings is 1. The fourth-order valence-electron chi connectivity index (χ4n) is 4.65. The van der Waals surface area contributed by atoms with Crippen LogP contribution in [0.25, 0.3) is 22.3 Å². The summed E-state index contributed by atoms with van der Waals surface area (Å²) in [6, 6.07) is 10.6. The molecule has 0 bridgehead atoms. The van der Waals surface area contributed by atoms with E-state index in [9.17, 15) is 8.42 Å². The van der Waals surface area contributed by atoms with Gasteiger partial charge in [0.05, 0.1) is 30.2 Å². The van der Waals surface area contributed by atoms with Gasteiger partial charge in [0, 0.05) is 37.6 Å². The average Bonchev–Trinajstić information content (AvgIpc) is 2.87. The number of hydrogen-bond donors (Lipinski definition) is 2. The summed E-state index contributed by atoms with van der Waals surface area (Å²) in [4.78, 5) is 13.8. The van der Waals surface area contributed by atoms with Crippen LogP contribution >= 0.6 is 0 Å². The maximum absolute atomic E-state index is 11.9. The first-order valence-electron chi connectivity index (χ1n) is 11.7. The topological polar surface area (TPSA) is 109 Å². The lowest BCUT2D eigenvalue weighted by atomic mass is 9.89. The number of nitrogens with zero attached hydrogens (tertiary/aromatic N) is 4. The molecule has 0 aliphatic carbocycles. The van der Waals surface area contributed by atoms with Gasteiger partial charge in [-0.05, 0) is 43.5 Å². The summed E-state index contributed by atoms with van der Waals surface area (Å²) in [6.45, 7) is 3.62. The molecule has 2 aliphatic rings. The summed E-state index contributed by atoms with van der Waals surface area (Å²) < 4.78 is 31.1. The predicted molar refractivity (Wildman–Crippen MR) is 132 cm³/mol. The van der Waals surface area contributed by atoms with Crippen LogP contribution in [0, 0.1) is 0 Å². The first-order valence-corrected chi connectivity index (χ1v) is 13.6.